The Kier molecular flexibility index (Phi) is 6.18. The van der Waals surface area contributed by atoms with E-state index in [1.54, 1.807) is 11.3 Å². The lowest BCUT2D eigenvalue weighted by Gasteiger charge is -2.13. The summed E-state index contributed by atoms with van der Waals surface area (Å²) in [5.74, 6) is -0.0237. The average Bonchev–Trinajstić information content (AvgIpc) is 3.42. The zero-order valence-electron chi connectivity index (χ0n) is 18.0. The third-order valence-corrected chi connectivity index (χ3v) is 6.02. The van der Waals surface area contributed by atoms with Gasteiger partial charge in [-0.05, 0) is 36.8 Å². The molecule has 0 spiro atoms. The molecule has 0 unspecified atom stereocenters. The van der Waals surface area contributed by atoms with Crippen molar-refractivity contribution in [3.8, 4) is 22.0 Å². The molecule has 4 aromatic rings. The number of anilines is 1. The van der Waals surface area contributed by atoms with Gasteiger partial charge >= 0.3 is 0 Å². The molecule has 0 aliphatic carbocycles. The zero-order valence-corrected chi connectivity index (χ0v) is 18.8. The Balaban J connectivity index is 1.40. The number of hydrogen-bond donors (Lipinski definition) is 1. The lowest BCUT2D eigenvalue weighted by atomic mass is 10.1. The minimum Gasteiger partial charge on any atom is -0.378 e. The second-order valence-corrected chi connectivity index (χ2v) is 8.62. The quantitative estimate of drug-likeness (QED) is 0.450. The largest absolute Gasteiger partial charge is 0.378 e. The highest BCUT2D eigenvalue weighted by molar-refractivity contribution is 7.13. The Morgan fingerprint density at radius 2 is 1.81 bits per heavy atom. The van der Waals surface area contributed by atoms with Gasteiger partial charge in [-0.2, -0.15) is 0 Å². The molecule has 2 heterocycles. The molecule has 0 saturated heterocycles. The number of carbonyl (C=O) groups is 1. The number of nitrogens with zero attached hydrogens (tertiary/aromatic N) is 3. The Hall–Kier alpha value is -3.38. The number of benzene rings is 2. The highest BCUT2D eigenvalue weighted by Crippen LogP contribution is 2.29. The number of aryl methyl sites for hydroxylation is 1. The van der Waals surface area contributed by atoms with Crippen LogP contribution in [-0.4, -0.2) is 29.6 Å². The van der Waals surface area contributed by atoms with Crippen LogP contribution in [0.1, 0.15) is 11.1 Å². The van der Waals surface area contributed by atoms with Gasteiger partial charge in [0, 0.05) is 43.5 Å². The normalized spacial score (nSPS) is 10.8. The summed E-state index contributed by atoms with van der Waals surface area (Å²) in [7, 11) is 4.02. The summed E-state index contributed by atoms with van der Waals surface area (Å²) < 4.78 is 1.95. The number of aromatic nitrogens is 2. The first-order chi connectivity index (χ1) is 15.0. The molecule has 0 saturated carbocycles. The molecule has 5 nitrogen and oxygen atoms in total. The van der Waals surface area contributed by atoms with E-state index < -0.39 is 0 Å². The van der Waals surface area contributed by atoms with Gasteiger partial charge in [-0.25, -0.2) is 4.98 Å². The van der Waals surface area contributed by atoms with Crippen molar-refractivity contribution in [2.45, 2.75) is 20.0 Å². The van der Waals surface area contributed by atoms with Gasteiger partial charge in [0.25, 0.3) is 0 Å². The molecule has 6 heteroatoms. The fraction of sp³-hybridized carbons (Fsp3) is 0.200. The summed E-state index contributed by atoms with van der Waals surface area (Å²) in [4.78, 5) is 19.4. The number of nitrogens with one attached hydrogen (secondary N) is 1. The lowest BCUT2D eigenvalue weighted by molar-refractivity contribution is -0.121. The van der Waals surface area contributed by atoms with Crippen LogP contribution in [0.15, 0.2) is 72.2 Å². The molecule has 158 valence electrons. The van der Waals surface area contributed by atoms with E-state index >= 15 is 0 Å². The van der Waals surface area contributed by atoms with Crippen LogP contribution in [0.5, 0.6) is 0 Å². The van der Waals surface area contributed by atoms with Gasteiger partial charge in [-0.3, -0.25) is 4.79 Å². The van der Waals surface area contributed by atoms with Crippen LogP contribution in [0.25, 0.3) is 22.0 Å². The van der Waals surface area contributed by atoms with E-state index in [1.165, 1.54) is 5.56 Å². The molecular weight excluding hydrogens is 404 g/mol. The molecule has 2 aromatic carbocycles. The van der Waals surface area contributed by atoms with Crippen molar-refractivity contribution in [1.82, 2.24) is 14.9 Å². The number of hydrogen-bond acceptors (Lipinski definition) is 4. The van der Waals surface area contributed by atoms with Crippen molar-refractivity contribution >= 4 is 22.9 Å². The van der Waals surface area contributed by atoms with Crippen LogP contribution in [0, 0.1) is 6.92 Å². The Morgan fingerprint density at radius 1 is 1.06 bits per heavy atom. The smallest absolute Gasteiger partial charge is 0.240 e. The molecule has 4 rings (SSSR count). The SMILES string of the molecule is Cc1ccc(-c2csc(-c3cccn3CC(=O)NCc3ccc(N(C)C)cc3)n2)cc1. The maximum absolute atomic E-state index is 12.5. The van der Waals surface area contributed by atoms with Crippen molar-refractivity contribution in [2.24, 2.45) is 0 Å². The Bertz CT molecular complexity index is 1160. The maximum Gasteiger partial charge on any atom is 0.240 e. The van der Waals surface area contributed by atoms with Crippen molar-refractivity contribution in [1.29, 1.82) is 0 Å². The molecule has 0 fully saturated rings. The second-order valence-electron chi connectivity index (χ2n) is 7.76. The highest BCUT2D eigenvalue weighted by Gasteiger charge is 2.12. The molecule has 0 bridgehead atoms. The van der Waals surface area contributed by atoms with Gasteiger partial charge in [0.1, 0.15) is 11.6 Å². The minimum atomic E-state index is -0.0237. The standard InChI is InChI=1S/C25H26N4OS/c1-18-6-10-20(11-7-18)22-17-31-25(27-22)23-5-4-14-29(23)16-24(30)26-15-19-8-12-21(13-9-19)28(2)3/h4-14,17H,15-16H2,1-3H3,(H,26,30). The number of rotatable bonds is 7. The topological polar surface area (TPSA) is 50.2 Å². The average molecular weight is 431 g/mol. The Labute approximate surface area is 187 Å². The van der Waals surface area contributed by atoms with Crippen molar-refractivity contribution in [3.63, 3.8) is 0 Å². The zero-order chi connectivity index (χ0) is 21.8. The monoisotopic (exact) mass is 430 g/mol. The third-order valence-electron chi connectivity index (χ3n) is 5.16. The summed E-state index contributed by atoms with van der Waals surface area (Å²) in [6, 6.07) is 20.5. The molecule has 0 aliphatic rings. The minimum absolute atomic E-state index is 0.0237. The number of amides is 1. The number of thiazole rings is 1. The molecular formula is C25H26N4OS. The van der Waals surface area contributed by atoms with Gasteiger partial charge in [-0.1, -0.05) is 42.0 Å². The van der Waals surface area contributed by atoms with Crippen LogP contribution < -0.4 is 10.2 Å². The maximum atomic E-state index is 12.5. The molecule has 0 aliphatic heterocycles. The molecule has 0 radical (unpaired) electrons. The number of carbonyl (C=O) groups excluding carboxylic acids is 1. The van der Waals surface area contributed by atoms with E-state index in [0.29, 0.717) is 6.54 Å². The van der Waals surface area contributed by atoms with Crippen LogP contribution in [0.2, 0.25) is 0 Å². The molecule has 0 atom stereocenters. The lowest BCUT2D eigenvalue weighted by Crippen LogP contribution is -2.27. The van der Waals surface area contributed by atoms with E-state index in [4.69, 9.17) is 4.98 Å². The van der Waals surface area contributed by atoms with E-state index in [-0.39, 0.29) is 12.5 Å². The van der Waals surface area contributed by atoms with Gasteiger partial charge in [0.15, 0.2) is 0 Å². The summed E-state index contributed by atoms with van der Waals surface area (Å²) in [5, 5.41) is 5.98. The van der Waals surface area contributed by atoms with Crippen molar-refractivity contribution in [3.05, 3.63) is 83.4 Å². The van der Waals surface area contributed by atoms with E-state index in [1.807, 2.05) is 49.1 Å². The first kappa shape index (κ1) is 20.9. The van der Waals surface area contributed by atoms with Crippen LogP contribution >= 0.6 is 11.3 Å². The predicted molar refractivity (Wildman–Crippen MR) is 128 cm³/mol. The third kappa shape index (κ3) is 5.03. The van der Waals surface area contributed by atoms with E-state index in [0.717, 1.165) is 33.2 Å². The van der Waals surface area contributed by atoms with E-state index in [9.17, 15) is 4.79 Å². The summed E-state index contributed by atoms with van der Waals surface area (Å²) >= 11 is 1.59. The fourth-order valence-electron chi connectivity index (χ4n) is 3.32. The summed E-state index contributed by atoms with van der Waals surface area (Å²) in [5.41, 5.74) is 6.46. The van der Waals surface area contributed by atoms with Crippen LogP contribution in [-0.2, 0) is 17.9 Å². The van der Waals surface area contributed by atoms with Crippen molar-refractivity contribution in [2.75, 3.05) is 19.0 Å². The van der Waals surface area contributed by atoms with Gasteiger partial charge in [-0.15, -0.1) is 11.3 Å². The predicted octanol–water partition coefficient (Wildman–Crippen LogP) is 4.97. The summed E-state index contributed by atoms with van der Waals surface area (Å²) in [6.45, 7) is 2.85. The summed E-state index contributed by atoms with van der Waals surface area (Å²) in [6.07, 6.45) is 1.92. The first-order valence-electron chi connectivity index (χ1n) is 10.2. The molecule has 1 amide bonds. The molecule has 2 aromatic heterocycles. The Morgan fingerprint density at radius 3 is 2.52 bits per heavy atom. The molecule has 31 heavy (non-hydrogen) atoms. The van der Waals surface area contributed by atoms with E-state index in [2.05, 4.69) is 58.9 Å². The highest BCUT2D eigenvalue weighted by atomic mass is 32.1. The van der Waals surface area contributed by atoms with Gasteiger partial charge < -0.3 is 14.8 Å². The van der Waals surface area contributed by atoms with Gasteiger partial charge in [0.05, 0.1) is 11.4 Å². The van der Waals surface area contributed by atoms with Crippen LogP contribution in [0.3, 0.4) is 0 Å². The molecule has 1 N–H and O–H groups in total. The van der Waals surface area contributed by atoms with Crippen molar-refractivity contribution < 1.29 is 4.79 Å². The first-order valence-corrected chi connectivity index (χ1v) is 11.1. The second kappa shape index (κ2) is 9.18. The van der Waals surface area contributed by atoms with Crippen LogP contribution in [0.4, 0.5) is 5.69 Å². The fourth-order valence-corrected chi connectivity index (χ4v) is 4.19. The van der Waals surface area contributed by atoms with Gasteiger partial charge in [0.2, 0.25) is 5.91 Å².